The van der Waals surface area contributed by atoms with Gasteiger partial charge in [-0.15, -0.1) is 0 Å². The molecule has 2 nitrogen and oxygen atoms in total. The zero-order valence-electron chi connectivity index (χ0n) is 15.8. The standard InChI is InChI=1S/C23H28O2/c1-5-25-22(24)17-20-13-8-12-19(16-20)11-6-7-14-21-18(2)10-9-15-23(21,3)4/h7-8,12-14,16H,5,9-10,15,17H2,1-4H3. The molecule has 2 heteroatoms. The third-order valence-electron chi connectivity index (χ3n) is 4.67. The monoisotopic (exact) mass is 336 g/mol. The van der Waals surface area contributed by atoms with Crippen molar-refractivity contribution in [3.63, 3.8) is 0 Å². The van der Waals surface area contributed by atoms with Crippen molar-refractivity contribution in [2.75, 3.05) is 6.61 Å². The second-order valence-electron chi connectivity index (χ2n) is 7.22. The molecule has 1 aromatic rings. The number of esters is 1. The number of rotatable bonds is 4. The first-order chi connectivity index (χ1) is 11.9. The van der Waals surface area contributed by atoms with E-state index >= 15 is 0 Å². The smallest absolute Gasteiger partial charge is 0.310 e. The molecule has 0 fully saturated rings. The van der Waals surface area contributed by atoms with Crippen LogP contribution in [0.25, 0.3) is 0 Å². The zero-order chi connectivity index (χ0) is 18.3. The highest BCUT2D eigenvalue weighted by molar-refractivity contribution is 5.72. The SMILES string of the molecule is CCOC(=O)Cc1cccc(C#CC=CC2=C(C)CCCC2(C)C)c1. The lowest BCUT2D eigenvalue weighted by Crippen LogP contribution is -2.18. The highest BCUT2D eigenvalue weighted by atomic mass is 16.5. The third-order valence-corrected chi connectivity index (χ3v) is 4.67. The molecule has 0 saturated heterocycles. The second-order valence-corrected chi connectivity index (χ2v) is 7.22. The summed E-state index contributed by atoms with van der Waals surface area (Å²) in [6.07, 6.45) is 8.10. The molecule has 25 heavy (non-hydrogen) atoms. The van der Waals surface area contributed by atoms with Gasteiger partial charge in [0.25, 0.3) is 0 Å². The summed E-state index contributed by atoms with van der Waals surface area (Å²) in [5.41, 5.74) is 4.98. The number of allylic oxidation sites excluding steroid dienone is 4. The Labute approximate surface area is 152 Å². The molecule has 0 aromatic heterocycles. The van der Waals surface area contributed by atoms with Crippen LogP contribution in [-0.2, 0) is 16.0 Å². The molecule has 0 unspecified atom stereocenters. The largest absolute Gasteiger partial charge is 0.466 e. The summed E-state index contributed by atoms with van der Waals surface area (Å²) in [6, 6.07) is 7.77. The zero-order valence-corrected chi connectivity index (χ0v) is 15.8. The molecule has 1 aliphatic carbocycles. The third kappa shape index (κ3) is 5.64. The molecule has 0 bridgehead atoms. The van der Waals surface area contributed by atoms with Crippen molar-refractivity contribution in [2.45, 2.75) is 53.4 Å². The van der Waals surface area contributed by atoms with Gasteiger partial charge in [0, 0.05) is 5.56 Å². The van der Waals surface area contributed by atoms with E-state index < -0.39 is 0 Å². The van der Waals surface area contributed by atoms with Gasteiger partial charge in [0.05, 0.1) is 13.0 Å². The molecule has 0 heterocycles. The number of carbonyl (C=O) groups is 1. The average Bonchev–Trinajstić information content (AvgIpc) is 2.53. The minimum absolute atomic E-state index is 0.200. The van der Waals surface area contributed by atoms with Gasteiger partial charge in [0.1, 0.15) is 0 Å². The van der Waals surface area contributed by atoms with Crippen molar-refractivity contribution in [3.8, 4) is 11.8 Å². The van der Waals surface area contributed by atoms with E-state index in [-0.39, 0.29) is 11.4 Å². The fourth-order valence-electron chi connectivity index (χ4n) is 3.40. The van der Waals surface area contributed by atoms with Crippen LogP contribution in [0.5, 0.6) is 0 Å². The number of carbonyl (C=O) groups excluding carboxylic acids is 1. The van der Waals surface area contributed by atoms with Crippen LogP contribution in [0.3, 0.4) is 0 Å². The van der Waals surface area contributed by atoms with Crippen molar-refractivity contribution in [1.82, 2.24) is 0 Å². The average molecular weight is 336 g/mol. The Morgan fingerprint density at radius 1 is 1.36 bits per heavy atom. The Bertz CT molecular complexity index is 739. The molecule has 0 atom stereocenters. The Hall–Kier alpha value is -2.27. The first-order valence-corrected chi connectivity index (χ1v) is 9.05. The van der Waals surface area contributed by atoms with Crippen molar-refractivity contribution in [3.05, 3.63) is 58.7 Å². The van der Waals surface area contributed by atoms with Crippen LogP contribution < -0.4 is 0 Å². The fourth-order valence-corrected chi connectivity index (χ4v) is 3.40. The molecular weight excluding hydrogens is 308 g/mol. The van der Waals surface area contributed by atoms with Gasteiger partial charge in [-0.1, -0.05) is 49.5 Å². The normalized spacial score (nSPS) is 16.5. The van der Waals surface area contributed by atoms with E-state index in [9.17, 15) is 4.79 Å². The highest BCUT2D eigenvalue weighted by Gasteiger charge is 2.26. The van der Waals surface area contributed by atoms with Crippen LogP contribution in [0.2, 0.25) is 0 Å². The van der Waals surface area contributed by atoms with Crippen molar-refractivity contribution in [2.24, 2.45) is 5.41 Å². The summed E-state index contributed by atoms with van der Waals surface area (Å²) in [7, 11) is 0. The number of benzene rings is 1. The summed E-state index contributed by atoms with van der Waals surface area (Å²) in [6.45, 7) is 9.07. The quantitative estimate of drug-likeness (QED) is 0.556. The molecule has 1 aromatic carbocycles. The maximum Gasteiger partial charge on any atom is 0.310 e. The van der Waals surface area contributed by atoms with E-state index in [1.165, 1.54) is 30.4 Å². The van der Waals surface area contributed by atoms with Gasteiger partial charge >= 0.3 is 5.97 Å². The van der Waals surface area contributed by atoms with Crippen molar-refractivity contribution >= 4 is 5.97 Å². The van der Waals surface area contributed by atoms with Crippen LogP contribution in [-0.4, -0.2) is 12.6 Å². The van der Waals surface area contributed by atoms with E-state index in [1.54, 1.807) is 0 Å². The Morgan fingerprint density at radius 2 is 2.16 bits per heavy atom. The van der Waals surface area contributed by atoms with Crippen LogP contribution in [0.1, 0.15) is 58.1 Å². The van der Waals surface area contributed by atoms with Gasteiger partial charge < -0.3 is 4.74 Å². The highest BCUT2D eigenvalue weighted by Crippen LogP contribution is 2.40. The van der Waals surface area contributed by atoms with E-state index in [0.717, 1.165) is 11.1 Å². The van der Waals surface area contributed by atoms with Crippen LogP contribution >= 0.6 is 0 Å². The van der Waals surface area contributed by atoms with E-state index in [4.69, 9.17) is 4.74 Å². The Balaban J connectivity index is 2.07. The molecule has 132 valence electrons. The van der Waals surface area contributed by atoms with Crippen LogP contribution in [0, 0.1) is 17.3 Å². The lowest BCUT2D eigenvalue weighted by atomic mass is 9.73. The molecule has 0 N–H and O–H groups in total. The number of ether oxygens (including phenoxy) is 1. The summed E-state index contributed by atoms with van der Waals surface area (Å²) < 4.78 is 4.99. The minimum Gasteiger partial charge on any atom is -0.466 e. The summed E-state index contributed by atoms with van der Waals surface area (Å²) in [5.74, 6) is 6.09. The minimum atomic E-state index is -0.200. The predicted octanol–water partition coefficient (Wildman–Crippen LogP) is 5.23. The van der Waals surface area contributed by atoms with Gasteiger partial charge in [-0.2, -0.15) is 0 Å². The maximum atomic E-state index is 11.6. The van der Waals surface area contributed by atoms with Crippen LogP contribution in [0.4, 0.5) is 0 Å². The van der Waals surface area contributed by atoms with E-state index in [1.807, 2.05) is 37.3 Å². The maximum absolute atomic E-state index is 11.6. The molecular formula is C23H28O2. The predicted molar refractivity (Wildman–Crippen MR) is 103 cm³/mol. The molecule has 0 spiro atoms. The number of hydrogen-bond acceptors (Lipinski definition) is 2. The Kier molecular flexibility index (Phi) is 6.65. The van der Waals surface area contributed by atoms with Gasteiger partial charge in [-0.3, -0.25) is 4.79 Å². The lowest BCUT2D eigenvalue weighted by Gasteiger charge is -2.32. The van der Waals surface area contributed by atoms with Crippen LogP contribution in [0.15, 0.2) is 47.6 Å². The molecule has 1 aliphatic rings. The molecule has 0 radical (unpaired) electrons. The van der Waals surface area contributed by atoms with E-state index in [0.29, 0.717) is 13.0 Å². The first kappa shape index (κ1) is 19.1. The van der Waals surface area contributed by atoms with Crippen molar-refractivity contribution < 1.29 is 9.53 Å². The molecule has 0 aliphatic heterocycles. The van der Waals surface area contributed by atoms with Crippen molar-refractivity contribution in [1.29, 1.82) is 0 Å². The van der Waals surface area contributed by atoms with Gasteiger partial charge in [0.2, 0.25) is 0 Å². The molecule has 0 saturated carbocycles. The van der Waals surface area contributed by atoms with Gasteiger partial charge in [0.15, 0.2) is 0 Å². The lowest BCUT2D eigenvalue weighted by molar-refractivity contribution is -0.142. The van der Waals surface area contributed by atoms with Gasteiger partial charge in [-0.05, 0) is 67.9 Å². The topological polar surface area (TPSA) is 26.3 Å². The molecule has 0 amide bonds. The summed E-state index contributed by atoms with van der Waals surface area (Å²) >= 11 is 0. The summed E-state index contributed by atoms with van der Waals surface area (Å²) in [4.78, 5) is 11.6. The summed E-state index contributed by atoms with van der Waals surface area (Å²) in [5, 5.41) is 0. The Morgan fingerprint density at radius 3 is 2.88 bits per heavy atom. The van der Waals surface area contributed by atoms with E-state index in [2.05, 4.69) is 38.7 Å². The second kappa shape index (κ2) is 8.72. The fraction of sp³-hybridized carbons (Fsp3) is 0.435. The first-order valence-electron chi connectivity index (χ1n) is 9.05. The molecule has 2 rings (SSSR count). The number of hydrogen-bond donors (Lipinski definition) is 0. The van der Waals surface area contributed by atoms with Gasteiger partial charge in [-0.25, -0.2) is 0 Å².